The zero-order chi connectivity index (χ0) is 12.7. The number of amides is 1. The third-order valence-electron chi connectivity index (χ3n) is 3.69. The number of rotatable bonds is 9. The van der Waals surface area contributed by atoms with Crippen molar-refractivity contribution in [2.24, 2.45) is 0 Å². The van der Waals surface area contributed by atoms with Crippen LogP contribution >= 0.6 is 11.8 Å². The molecule has 4 heteroatoms. The Balaban J connectivity index is 2.15. The van der Waals surface area contributed by atoms with Gasteiger partial charge in [0.15, 0.2) is 0 Å². The summed E-state index contributed by atoms with van der Waals surface area (Å²) in [6.07, 6.45) is 7.50. The van der Waals surface area contributed by atoms with Gasteiger partial charge in [0, 0.05) is 30.3 Å². The first-order valence-corrected chi connectivity index (χ1v) is 7.93. The normalized spacial score (nSPS) is 15.9. The van der Waals surface area contributed by atoms with Crippen LogP contribution in [0.3, 0.4) is 0 Å². The van der Waals surface area contributed by atoms with E-state index in [9.17, 15) is 4.79 Å². The van der Waals surface area contributed by atoms with Gasteiger partial charge in [-0.05, 0) is 31.9 Å². The highest BCUT2D eigenvalue weighted by Gasteiger charge is 2.25. The van der Waals surface area contributed by atoms with Crippen molar-refractivity contribution in [1.29, 1.82) is 0 Å². The Morgan fingerprint density at radius 2 is 2.00 bits per heavy atom. The molecule has 100 valence electrons. The van der Waals surface area contributed by atoms with Crippen molar-refractivity contribution in [3.63, 3.8) is 0 Å². The molecular formula is C13H26N2OS. The third kappa shape index (κ3) is 5.30. The molecule has 1 saturated carbocycles. The molecule has 0 bridgehead atoms. The lowest BCUT2D eigenvalue weighted by atomic mass is 10.0. The molecule has 0 aromatic rings. The van der Waals surface area contributed by atoms with Crippen LogP contribution in [0.15, 0.2) is 0 Å². The van der Waals surface area contributed by atoms with Crippen LogP contribution in [0.1, 0.15) is 46.0 Å². The van der Waals surface area contributed by atoms with Crippen molar-refractivity contribution in [2.45, 2.75) is 56.7 Å². The summed E-state index contributed by atoms with van der Waals surface area (Å²) < 4.78 is 0.222. The Labute approximate surface area is 109 Å². The second-order valence-corrected chi connectivity index (χ2v) is 6.12. The zero-order valence-corrected chi connectivity index (χ0v) is 12.2. The van der Waals surface area contributed by atoms with Gasteiger partial charge >= 0.3 is 0 Å². The molecule has 0 spiro atoms. The van der Waals surface area contributed by atoms with Crippen LogP contribution in [0.4, 0.5) is 0 Å². The van der Waals surface area contributed by atoms with Gasteiger partial charge in [-0.15, -0.1) is 0 Å². The zero-order valence-electron chi connectivity index (χ0n) is 11.3. The molecule has 1 aliphatic carbocycles. The maximum atomic E-state index is 11.7. The number of thioether (sulfide) groups is 1. The Bertz CT molecular complexity index is 229. The van der Waals surface area contributed by atoms with E-state index in [0.717, 1.165) is 25.9 Å². The Morgan fingerprint density at radius 1 is 1.35 bits per heavy atom. The summed E-state index contributed by atoms with van der Waals surface area (Å²) in [5.41, 5.74) is 0. The van der Waals surface area contributed by atoms with Gasteiger partial charge in [-0.2, -0.15) is 11.8 Å². The molecule has 1 aliphatic rings. The maximum Gasteiger partial charge on any atom is 0.221 e. The number of hydrogen-bond donors (Lipinski definition) is 2. The number of nitrogens with one attached hydrogen (secondary N) is 2. The lowest BCUT2D eigenvalue weighted by molar-refractivity contribution is -0.121. The largest absolute Gasteiger partial charge is 0.355 e. The van der Waals surface area contributed by atoms with Crippen molar-refractivity contribution in [3.05, 3.63) is 0 Å². The minimum absolute atomic E-state index is 0.179. The van der Waals surface area contributed by atoms with Crippen LogP contribution in [0.5, 0.6) is 0 Å². The molecule has 1 rings (SSSR count). The first kappa shape index (κ1) is 14.8. The summed E-state index contributed by atoms with van der Waals surface area (Å²) in [5.74, 6) is 0.179. The SMILES string of the molecule is CCC(CC)(CNC(=O)CCNC1CC1)SC. The summed E-state index contributed by atoms with van der Waals surface area (Å²) in [6.45, 7) is 6.01. The van der Waals surface area contributed by atoms with E-state index in [0.29, 0.717) is 12.5 Å². The number of carbonyl (C=O) groups excluding carboxylic acids is 1. The topological polar surface area (TPSA) is 41.1 Å². The molecule has 0 radical (unpaired) electrons. The molecule has 3 nitrogen and oxygen atoms in total. The summed E-state index contributed by atoms with van der Waals surface area (Å²) in [4.78, 5) is 11.7. The monoisotopic (exact) mass is 258 g/mol. The molecule has 1 fully saturated rings. The van der Waals surface area contributed by atoms with Gasteiger partial charge in [-0.1, -0.05) is 13.8 Å². The molecule has 0 aromatic carbocycles. The highest BCUT2D eigenvalue weighted by molar-refractivity contribution is 8.00. The summed E-state index contributed by atoms with van der Waals surface area (Å²) in [6, 6.07) is 0.694. The van der Waals surface area contributed by atoms with Gasteiger partial charge in [0.1, 0.15) is 0 Å². The van der Waals surface area contributed by atoms with Gasteiger partial charge in [-0.3, -0.25) is 4.79 Å². The van der Waals surface area contributed by atoms with Gasteiger partial charge in [0.05, 0.1) is 0 Å². The second-order valence-electron chi connectivity index (χ2n) is 4.85. The van der Waals surface area contributed by atoms with E-state index < -0.39 is 0 Å². The van der Waals surface area contributed by atoms with Crippen LogP contribution in [0.2, 0.25) is 0 Å². The molecule has 0 saturated heterocycles. The molecule has 1 amide bonds. The Hall–Kier alpha value is -0.220. The van der Waals surface area contributed by atoms with Crippen molar-refractivity contribution in [3.8, 4) is 0 Å². The second kappa shape index (κ2) is 7.27. The first-order chi connectivity index (χ1) is 8.15. The molecular weight excluding hydrogens is 232 g/mol. The molecule has 0 aliphatic heterocycles. The molecule has 17 heavy (non-hydrogen) atoms. The van der Waals surface area contributed by atoms with Crippen molar-refractivity contribution < 1.29 is 4.79 Å². The minimum Gasteiger partial charge on any atom is -0.355 e. The lowest BCUT2D eigenvalue weighted by Gasteiger charge is -2.29. The van der Waals surface area contributed by atoms with Gasteiger partial charge in [0.2, 0.25) is 5.91 Å². The number of carbonyl (C=O) groups is 1. The van der Waals surface area contributed by atoms with Crippen LogP contribution in [0.25, 0.3) is 0 Å². The summed E-state index contributed by atoms with van der Waals surface area (Å²) >= 11 is 1.87. The van der Waals surface area contributed by atoms with Crippen molar-refractivity contribution in [1.82, 2.24) is 10.6 Å². The molecule has 0 unspecified atom stereocenters. The van der Waals surface area contributed by atoms with Crippen LogP contribution < -0.4 is 10.6 Å². The van der Waals surface area contributed by atoms with E-state index in [2.05, 4.69) is 30.7 Å². The molecule has 2 N–H and O–H groups in total. The predicted molar refractivity (Wildman–Crippen MR) is 75.5 cm³/mol. The fourth-order valence-corrected chi connectivity index (χ4v) is 2.68. The summed E-state index contributed by atoms with van der Waals surface area (Å²) in [7, 11) is 0. The van der Waals surface area contributed by atoms with Crippen LogP contribution in [0, 0.1) is 0 Å². The lowest BCUT2D eigenvalue weighted by Crippen LogP contribution is -2.40. The molecule has 0 heterocycles. The Kier molecular flexibility index (Phi) is 6.34. The fourth-order valence-electron chi connectivity index (χ4n) is 1.89. The Morgan fingerprint density at radius 3 is 2.47 bits per heavy atom. The van der Waals surface area contributed by atoms with Crippen LogP contribution in [-0.4, -0.2) is 36.0 Å². The van der Waals surface area contributed by atoms with E-state index >= 15 is 0 Å². The van der Waals surface area contributed by atoms with Crippen LogP contribution in [-0.2, 0) is 4.79 Å². The standard InChI is InChI=1S/C13H26N2OS/c1-4-13(5-2,17-3)10-15-12(16)8-9-14-11-6-7-11/h11,14H,4-10H2,1-3H3,(H,15,16). The quantitative estimate of drug-likeness (QED) is 0.666. The molecule has 0 aromatic heterocycles. The highest BCUT2D eigenvalue weighted by atomic mass is 32.2. The van der Waals surface area contributed by atoms with Gasteiger partial charge in [-0.25, -0.2) is 0 Å². The first-order valence-electron chi connectivity index (χ1n) is 6.71. The van der Waals surface area contributed by atoms with Gasteiger partial charge in [0.25, 0.3) is 0 Å². The third-order valence-corrected chi connectivity index (χ3v) is 5.28. The average Bonchev–Trinajstić information content (AvgIpc) is 3.16. The van der Waals surface area contributed by atoms with E-state index in [-0.39, 0.29) is 10.7 Å². The van der Waals surface area contributed by atoms with E-state index in [4.69, 9.17) is 0 Å². The predicted octanol–water partition coefficient (Wildman–Crippen LogP) is 2.17. The average molecular weight is 258 g/mol. The fraction of sp³-hybridized carbons (Fsp3) is 0.923. The highest BCUT2D eigenvalue weighted by Crippen LogP contribution is 2.29. The van der Waals surface area contributed by atoms with Crippen molar-refractivity contribution in [2.75, 3.05) is 19.3 Å². The maximum absolute atomic E-state index is 11.7. The van der Waals surface area contributed by atoms with E-state index in [1.807, 2.05) is 11.8 Å². The summed E-state index contributed by atoms with van der Waals surface area (Å²) in [5, 5.41) is 6.43. The minimum atomic E-state index is 0.179. The van der Waals surface area contributed by atoms with E-state index in [1.165, 1.54) is 12.8 Å². The number of hydrogen-bond acceptors (Lipinski definition) is 3. The van der Waals surface area contributed by atoms with Gasteiger partial charge < -0.3 is 10.6 Å². The van der Waals surface area contributed by atoms with E-state index in [1.54, 1.807) is 0 Å². The van der Waals surface area contributed by atoms with Crippen molar-refractivity contribution >= 4 is 17.7 Å². The molecule has 0 atom stereocenters. The smallest absolute Gasteiger partial charge is 0.221 e.